The number of thiol groups is 1. The van der Waals surface area contributed by atoms with Gasteiger partial charge >= 0.3 is 29.6 Å². The van der Waals surface area contributed by atoms with E-state index in [4.69, 9.17) is 5.26 Å². The molecule has 0 bridgehead atoms. The zero-order valence-corrected chi connectivity index (χ0v) is 8.05. The predicted molar refractivity (Wildman–Crippen MR) is 64.0 cm³/mol. The van der Waals surface area contributed by atoms with Crippen LogP contribution in [0.2, 0.25) is 0 Å². The monoisotopic (exact) mass is 215 g/mol. The summed E-state index contributed by atoms with van der Waals surface area (Å²) in [4.78, 5) is 3.42. The summed E-state index contributed by atoms with van der Waals surface area (Å²) in [5.74, 6) is 0. The first-order chi connectivity index (χ1) is 6.22. The van der Waals surface area contributed by atoms with Crippen molar-refractivity contribution in [2.45, 2.75) is 6.92 Å². The van der Waals surface area contributed by atoms with Crippen molar-refractivity contribution < 1.29 is 0 Å². The van der Waals surface area contributed by atoms with E-state index in [2.05, 4.69) is 22.9 Å². The van der Waals surface area contributed by atoms with Gasteiger partial charge in [-0.15, -0.1) is 17.6 Å². The van der Waals surface area contributed by atoms with Gasteiger partial charge in [0.2, 0.25) is 6.19 Å². The van der Waals surface area contributed by atoms with Gasteiger partial charge in [-0.25, -0.2) is 0 Å². The van der Waals surface area contributed by atoms with E-state index in [0.29, 0.717) is 5.17 Å². The summed E-state index contributed by atoms with van der Waals surface area (Å²) in [6, 6.07) is 7.74. The number of anilines is 1. The van der Waals surface area contributed by atoms with E-state index in [0.717, 1.165) is 5.69 Å². The zero-order valence-electron chi connectivity index (χ0n) is 7.15. The number of aliphatic imine (C=N–C) groups is 1. The quantitative estimate of drug-likeness (QED) is 0.245. The molecule has 0 aliphatic carbocycles. The molecule has 68 valence electrons. The molecular formula is C9H10N3NaS. The van der Waals surface area contributed by atoms with Gasteiger partial charge < -0.3 is 5.32 Å². The third kappa shape index (κ3) is 4.68. The molecule has 0 aliphatic rings. The van der Waals surface area contributed by atoms with Crippen LogP contribution >= 0.6 is 12.6 Å². The Hall–Kier alpha value is -0.470. The second-order valence-corrected chi connectivity index (χ2v) is 2.95. The molecule has 0 radical (unpaired) electrons. The van der Waals surface area contributed by atoms with Crippen LogP contribution < -0.4 is 5.32 Å². The van der Waals surface area contributed by atoms with Gasteiger partial charge in [0.05, 0.1) is 0 Å². The Kier molecular flexibility index (Phi) is 6.67. The van der Waals surface area contributed by atoms with Gasteiger partial charge in [-0.1, -0.05) is 17.7 Å². The van der Waals surface area contributed by atoms with E-state index in [1.54, 1.807) is 6.19 Å². The predicted octanol–water partition coefficient (Wildman–Crippen LogP) is 1.53. The van der Waals surface area contributed by atoms with Crippen LogP contribution in [0, 0.1) is 18.4 Å². The third-order valence-electron chi connectivity index (χ3n) is 1.46. The molecule has 0 saturated heterocycles. The van der Waals surface area contributed by atoms with Crippen LogP contribution in [-0.2, 0) is 0 Å². The van der Waals surface area contributed by atoms with Gasteiger partial charge in [0.25, 0.3) is 0 Å². The van der Waals surface area contributed by atoms with Crippen molar-refractivity contribution in [1.82, 2.24) is 0 Å². The molecule has 5 heteroatoms. The molecule has 1 aromatic rings. The summed E-state index contributed by atoms with van der Waals surface area (Å²) < 4.78 is 0. The number of hydrogen-bond donors (Lipinski definition) is 2. The Balaban J connectivity index is 0.00000169. The summed E-state index contributed by atoms with van der Waals surface area (Å²) in [6.07, 6.45) is 1.65. The number of nitrogens with zero attached hydrogens (tertiary/aromatic N) is 2. The normalized spacial score (nSPS) is 9.93. The second-order valence-electron chi connectivity index (χ2n) is 2.53. The maximum absolute atomic E-state index is 8.23. The summed E-state index contributed by atoms with van der Waals surface area (Å²) in [5, 5.41) is 11.4. The SMILES string of the molecule is Cc1ccc(NC(S)=NC#N)cc1.[NaH]. The van der Waals surface area contributed by atoms with Gasteiger partial charge in [-0.2, -0.15) is 5.26 Å². The van der Waals surface area contributed by atoms with Crippen molar-refractivity contribution in [1.29, 1.82) is 5.26 Å². The fourth-order valence-electron chi connectivity index (χ4n) is 0.841. The molecular weight excluding hydrogens is 205 g/mol. The molecule has 1 rings (SSSR count). The van der Waals surface area contributed by atoms with E-state index < -0.39 is 0 Å². The van der Waals surface area contributed by atoms with Crippen LogP contribution in [-0.4, -0.2) is 34.7 Å². The van der Waals surface area contributed by atoms with E-state index in [9.17, 15) is 0 Å². The average Bonchev–Trinajstić information content (AvgIpc) is 2.09. The number of rotatable bonds is 1. The summed E-state index contributed by atoms with van der Waals surface area (Å²) in [7, 11) is 0. The first kappa shape index (κ1) is 13.5. The molecule has 14 heavy (non-hydrogen) atoms. The number of nitrogens with one attached hydrogen (secondary N) is 1. The molecule has 1 N–H and O–H groups in total. The van der Waals surface area contributed by atoms with Crippen LogP contribution in [0.3, 0.4) is 0 Å². The molecule has 0 unspecified atom stereocenters. The van der Waals surface area contributed by atoms with Crippen molar-refractivity contribution in [3.63, 3.8) is 0 Å². The molecule has 0 atom stereocenters. The van der Waals surface area contributed by atoms with Crippen molar-refractivity contribution >= 4 is 53.0 Å². The van der Waals surface area contributed by atoms with Gasteiger partial charge in [0.1, 0.15) is 0 Å². The van der Waals surface area contributed by atoms with Gasteiger partial charge in [-0.3, -0.25) is 0 Å². The fourth-order valence-corrected chi connectivity index (χ4v) is 1.02. The second kappa shape index (κ2) is 6.91. The van der Waals surface area contributed by atoms with Gasteiger partial charge in [0, 0.05) is 5.69 Å². The van der Waals surface area contributed by atoms with Crippen molar-refractivity contribution in [2.75, 3.05) is 5.32 Å². The van der Waals surface area contributed by atoms with Crippen LogP contribution in [0.4, 0.5) is 5.69 Å². The molecule has 0 saturated carbocycles. The zero-order chi connectivity index (χ0) is 9.68. The van der Waals surface area contributed by atoms with E-state index in [-0.39, 0.29) is 29.6 Å². The van der Waals surface area contributed by atoms with E-state index >= 15 is 0 Å². The molecule has 0 spiro atoms. The molecule has 1 aromatic carbocycles. The molecule has 0 aliphatic heterocycles. The van der Waals surface area contributed by atoms with Crippen molar-refractivity contribution in [3.8, 4) is 6.19 Å². The number of amidine groups is 1. The minimum absolute atomic E-state index is 0. The van der Waals surface area contributed by atoms with E-state index in [1.165, 1.54) is 5.56 Å². The van der Waals surface area contributed by atoms with Crippen LogP contribution in [0.1, 0.15) is 5.56 Å². The van der Waals surface area contributed by atoms with Crippen LogP contribution in [0.5, 0.6) is 0 Å². The minimum atomic E-state index is 0. The number of benzene rings is 1. The third-order valence-corrected chi connectivity index (χ3v) is 1.68. The van der Waals surface area contributed by atoms with Crippen LogP contribution in [0.15, 0.2) is 29.3 Å². The topological polar surface area (TPSA) is 48.2 Å². The number of nitriles is 1. The summed E-state index contributed by atoms with van der Waals surface area (Å²) in [6.45, 7) is 2.01. The van der Waals surface area contributed by atoms with Gasteiger partial charge in [0.15, 0.2) is 5.17 Å². The summed E-state index contributed by atoms with van der Waals surface area (Å²) in [5.41, 5.74) is 2.05. The van der Waals surface area contributed by atoms with E-state index in [1.807, 2.05) is 31.2 Å². The Morgan fingerprint density at radius 3 is 2.50 bits per heavy atom. The molecule has 0 heterocycles. The molecule has 0 fully saturated rings. The Bertz CT molecular complexity index is 353. The molecule has 0 amide bonds. The number of aryl methyl sites for hydroxylation is 1. The molecule has 3 nitrogen and oxygen atoms in total. The average molecular weight is 215 g/mol. The summed E-state index contributed by atoms with van der Waals surface area (Å²) >= 11 is 3.96. The first-order valence-corrected chi connectivity index (χ1v) is 4.16. The Morgan fingerprint density at radius 1 is 1.43 bits per heavy atom. The van der Waals surface area contributed by atoms with Crippen molar-refractivity contribution in [2.24, 2.45) is 4.99 Å². The van der Waals surface area contributed by atoms with Crippen molar-refractivity contribution in [3.05, 3.63) is 29.8 Å². The first-order valence-electron chi connectivity index (χ1n) is 3.72. The van der Waals surface area contributed by atoms with Crippen LogP contribution in [0.25, 0.3) is 0 Å². The Morgan fingerprint density at radius 2 is 2.00 bits per heavy atom. The van der Waals surface area contributed by atoms with Gasteiger partial charge in [-0.05, 0) is 19.1 Å². The number of hydrogen-bond acceptors (Lipinski definition) is 2. The molecule has 0 aromatic heterocycles. The Labute approximate surface area is 111 Å². The standard InChI is InChI=1S/C9H9N3S.Na.H/c1-7-2-4-8(5-3-7)12-9(13)11-6-10;;/h2-5H,1H3,(H2,11,12,13);;. The maximum atomic E-state index is 8.23. The fraction of sp³-hybridized carbons (Fsp3) is 0.111.